The highest BCUT2D eigenvalue weighted by molar-refractivity contribution is 5.66. The zero-order valence-corrected chi connectivity index (χ0v) is 8.54. The lowest BCUT2D eigenvalue weighted by Crippen LogP contribution is -2.37. The summed E-state index contributed by atoms with van der Waals surface area (Å²) in [6, 6.07) is 0.444. The molecular formula is C9H18N2O3. The van der Waals surface area contributed by atoms with Crippen LogP contribution in [0.15, 0.2) is 0 Å². The Morgan fingerprint density at radius 1 is 1.57 bits per heavy atom. The third kappa shape index (κ3) is 4.43. The van der Waals surface area contributed by atoms with E-state index in [0.717, 1.165) is 26.2 Å². The van der Waals surface area contributed by atoms with E-state index in [4.69, 9.17) is 9.47 Å². The molecule has 1 unspecified atom stereocenters. The molecule has 5 nitrogen and oxygen atoms in total. The van der Waals surface area contributed by atoms with E-state index in [-0.39, 0.29) is 6.09 Å². The van der Waals surface area contributed by atoms with Crippen molar-refractivity contribution in [3.8, 4) is 0 Å². The maximum absolute atomic E-state index is 10.9. The molecule has 0 aromatic heterocycles. The molecule has 1 rings (SSSR count). The van der Waals surface area contributed by atoms with Gasteiger partial charge in [0.1, 0.15) is 0 Å². The highest BCUT2D eigenvalue weighted by Crippen LogP contribution is 2.01. The van der Waals surface area contributed by atoms with E-state index in [9.17, 15) is 4.79 Å². The number of alkyl carbamates (subject to hydrolysis) is 1. The fourth-order valence-corrected chi connectivity index (χ4v) is 1.32. The fraction of sp³-hybridized carbons (Fsp3) is 0.889. The summed E-state index contributed by atoms with van der Waals surface area (Å²) in [5.74, 6) is 0. The SMILES string of the molecule is CCOC(=O)NCCNC1CCOC1. The van der Waals surface area contributed by atoms with Gasteiger partial charge in [0.05, 0.1) is 13.2 Å². The summed E-state index contributed by atoms with van der Waals surface area (Å²) >= 11 is 0. The van der Waals surface area contributed by atoms with Crippen molar-refractivity contribution in [1.29, 1.82) is 0 Å². The number of rotatable bonds is 5. The van der Waals surface area contributed by atoms with Crippen molar-refractivity contribution >= 4 is 6.09 Å². The topological polar surface area (TPSA) is 59.6 Å². The lowest BCUT2D eigenvalue weighted by atomic mass is 10.3. The molecule has 2 N–H and O–H groups in total. The summed E-state index contributed by atoms with van der Waals surface area (Å²) in [4.78, 5) is 10.9. The third-order valence-electron chi connectivity index (χ3n) is 2.03. The summed E-state index contributed by atoms with van der Waals surface area (Å²) < 4.78 is 9.91. The molecule has 1 heterocycles. The van der Waals surface area contributed by atoms with Crippen molar-refractivity contribution in [1.82, 2.24) is 10.6 Å². The average molecular weight is 202 g/mol. The van der Waals surface area contributed by atoms with E-state index in [1.54, 1.807) is 6.92 Å². The fourth-order valence-electron chi connectivity index (χ4n) is 1.32. The zero-order chi connectivity index (χ0) is 10.2. The normalized spacial score (nSPS) is 20.8. The van der Waals surface area contributed by atoms with Gasteiger partial charge in [0.2, 0.25) is 0 Å². The Balaban J connectivity index is 1.90. The Morgan fingerprint density at radius 3 is 3.07 bits per heavy atom. The third-order valence-corrected chi connectivity index (χ3v) is 2.03. The van der Waals surface area contributed by atoms with Crippen molar-refractivity contribution in [3.05, 3.63) is 0 Å². The minimum Gasteiger partial charge on any atom is -0.450 e. The van der Waals surface area contributed by atoms with E-state index < -0.39 is 0 Å². The van der Waals surface area contributed by atoms with Gasteiger partial charge in [-0.1, -0.05) is 0 Å². The smallest absolute Gasteiger partial charge is 0.407 e. The van der Waals surface area contributed by atoms with Gasteiger partial charge >= 0.3 is 6.09 Å². The van der Waals surface area contributed by atoms with Crippen molar-refractivity contribution in [2.45, 2.75) is 19.4 Å². The average Bonchev–Trinajstić information content (AvgIpc) is 2.65. The second-order valence-electron chi connectivity index (χ2n) is 3.16. The quantitative estimate of drug-likeness (QED) is 0.621. The van der Waals surface area contributed by atoms with Crippen LogP contribution in [-0.2, 0) is 9.47 Å². The summed E-state index contributed by atoms with van der Waals surface area (Å²) in [6.07, 6.45) is 0.705. The minimum atomic E-state index is -0.350. The Labute approximate surface area is 84.1 Å². The van der Waals surface area contributed by atoms with Crippen molar-refractivity contribution in [2.24, 2.45) is 0 Å². The first-order valence-corrected chi connectivity index (χ1v) is 5.04. The van der Waals surface area contributed by atoms with E-state index in [1.807, 2.05) is 0 Å². The molecule has 0 aromatic carbocycles. The van der Waals surface area contributed by atoms with Gasteiger partial charge in [0.15, 0.2) is 0 Å². The molecular weight excluding hydrogens is 184 g/mol. The predicted octanol–water partition coefficient (Wildman–Crippen LogP) is 0.111. The van der Waals surface area contributed by atoms with Crippen LogP contribution in [0, 0.1) is 0 Å². The van der Waals surface area contributed by atoms with Gasteiger partial charge in [-0.15, -0.1) is 0 Å². The van der Waals surface area contributed by atoms with Gasteiger partial charge in [-0.25, -0.2) is 4.79 Å². The molecule has 1 atom stereocenters. The lowest BCUT2D eigenvalue weighted by molar-refractivity contribution is 0.152. The molecule has 1 saturated heterocycles. The van der Waals surface area contributed by atoms with E-state index in [2.05, 4.69) is 10.6 Å². The van der Waals surface area contributed by atoms with E-state index in [1.165, 1.54) is 0 Å². The summed E-state index contributed by atoms with van der Waals surface area (Å²) in [7, 11) is 0. The molecule has 0 aliphatic carbocycles. The molecule has 1 fully saturated rings. The predicted molar refractivity (Wildman–Crippen MR) is 52.3 cm³/mol. The standard InChI is InChI=1S/C9H18N2O3/c1-2-14-9(12)11-5-4-10-8-3-6-13-7-8/h8,10H,2-7H2,1H3,(H,11,12). The van der Waals surface area contributed by atoms with Gasteiger partial charge in [0.25, 0.3) is 0 Å². The maximum Gasteiger partial charge on any atom is 0.407 e. The molecule has 1 aliphatic heterocycles. The Hall–Kier alpha value is -0.810. The molecule has 0 spiro atoms. The van der Waals surface area contributed by atoms with Crippen molar-refractivity contribution in [2.75, 3.05) is 32.9 Å². The number of hydrogen-bond acceptors (Lipinski definition) is 4. The zero-order valence-electron chi connectivity index (χ0n) is 8.54. The maximum atomic E-state index is 10.9. The molecule has 0 bridgehead atoms. The highest BCUT2D eigenvalue weighted by Gasteiger charge is 2.13. The van der Waals surface area contributed by atoms with Crippen LogP contribution >= 0.6 is 0 Å². The molecule has 1 aliphatic rings. The Kier molecular flexibility index (Phi) is 5.32. The number of ether oxygens (including phenoxy) is 2. The monoisotopic (exact) mass is 202 g/mol. The largest absolute Gasteiger partial charge is 0.450 e. The van der Waals surface area contributed by atoms with Gasteiger partial charge in [-0.2, -0.15) is 0 Å². The molecule has 0 aromatic rings. The number of carbonyl (C=O) groups excluding carboxylic acids is 1. The van der Waals surface area contributed by atoms with Crippen LogP contribution in [0.2, 0.25) is 0 Å². The lowest BCUT2D eigenvalue weighted by Gasteiger charge is -2.10. The summed E-state index contributed by atoms with van der Waals surface area (Å²) in [6.45, 7) is 5.16. The summed E-state index contributed by atoms with van der Waals surface area (Å²) in [5, 5.41) is 5.93. The van der Waals surface area contributed by atoms with Crippen LogP contribution in [0.25, 0.3) is 0 Å². The first kappa shape index (κ1) is 11.3. The van der Waals surface area contributed by atoms with E-state index in [0.29, 0.717) is 19.2 Å². The van der Waals surface area contributed by atoms with Crippen LogP contribution in [-0.4, -0.2) is 45.0 Å². The van der Waals surface area contributed by atoms with Gasteiger partial charge in [0, 0.05) is 25.7 Å². The van der Waals surface area contributed by atoms with Crippen LogP contribution in [0.1, 0.15) is 13.3 Å². The Bertz CT molecular complexity index is 169. The first-order chi connectivity index (χ1) is 6.83. The van der Waals surface area contributed by atoms with Gasteiger partial charge in [-0.05, 0) is 13.3 Å². The molecule has 14 heavy (non-hydrogen) atoms. The molecule has 1 amide bonds. The number of amides is 1. The minimum absolute atomic E-state index is 0.350. The van der Waals surface area contributed by atoms with Crippen LogP contribution in [0.3, 0.4) is 0 Å². The highest BCUT2D eigenvalue weighted by atomic mass is 16.5. The number of nitrogens with one attached hydrogen (secondary N) is 2. The van der Waals surface area contributed by atoms with Crippen molar-refractivity contribution < 1.29 is 14.3 Å². The molecule has 82 valence electrons. The van der Waals surface area contributed by atoms with Crippen LogP contribution in [0.4, 0.5) is 4.79 Å². The van der Waals surface area contributed by atoms with E-state index >= 15 is 0 Å². The molecule has 5 heteroatoms. The Morgan fingerprint density at radius 2 is 2.43 bits per heavy atom. The van der Waals surface area contributed by atoms with Gasteiger partial charge in [-0.3, -0.25) is 0 Å². The van der Waals surface area contributed by atoms with Crippen LogP contribution < -0.4 is 10.6 Å². The van der Waals surface area contributed by atoms with Gasteiger partial charge < -0.3 is 20.1 Å². The summed E-state index contributed by atoms with van der Waals surface area (Å²) in [5.41, 5.74) is 0. The number of carbonyl (C=O) groups is 1. The van der Waals surface area contributed by atoms with Crippen LogP contribution in [0.5, 0.6) is 0 Å². The number of hydrogen-bond donors (Lipinski definition) is 2. The molecule has 0 saturated carbocycles. The second kappa shape index (κ2) is 6.62. The van der Waals surface area contributed by atoms with Crippen molar-refractivity contribution in [3.63, 3.8) is 0 Å². The second-order valence-corrected chi connectivity index (χ2v) is 3.16. The molecule has 0 radical (unpaired) electrons. The first-order valence-electron chi connectivity index (χ1n) is 5.04.